The number of rotatable bonds is 13. The summed E-state index contributed by atoms with van der Waals surface area (Å²) < 4.78 is 0. The van der Waals surface area contributed by atoms with Gasteiger partial charge in [-0.3, -0.25) is 4.79 Å². The van der Waals surface area contributed by atoms with E-state index in [4.69, 9.17) is 5.11 Å². The zero-order valence-electron chi connectivity index (χ0n) is 14.8. The summed E-state index contributed by atoms with van der Waals surface area (Å²) in [7, 11) is 0. The van der Waals surface area contributed by atoms with Crippen LogP contribution < -0.4 is 0 Å². The molecule has 0 radical (unpaired) electrons. The predicted molar refractivity (Wildman–Crippen MR) is 95.8 cm³/mol. The molecule has 0 aromatic heterocycles. The molecule has 24 heavy (non-hydrogen) atoms. The Morgan fingerprint density at radius 2 is 1.96 bits per heavy atom. The largest absolute Gasteiger partial charge is 0.479 e. The van der Waals surface area contributed by atoms with Gasteiger partial charge in [0.25, 0.3) is 0 Å². The molecule has 0 spiro atoms. The van der Waals surface area contributed by atoms with Gasteiger partial charge in [-0.1, -0.05) is 63.7 Å². The van der Waals surface area contributed by atoms with E-state index in [0.717, 1.165) is 25.7 Å². The molecule has 1 aliphatic rings. The molecule has 1 unspecified atom stereocenters. The number of hydrogen-bond donors (Lipinski definition) is 2. The lowest BCUT2D eigenvalue weighted by molar-refractivity contribution is -0.146. The standard InChI is InChI=1S/C20H32O4/c1-2-3-4-5-6-8-11-16-14-15-18(21)17(16)12-9-7-10-13-19(22)20(23)24/h8,11,14-17,19,22H,2-7,9-10,12-13H2,1H3,(H,23,24)/b11-8+/t16-,17+,19?/m0/s1. The van der Waals surface area contributed by atoms with Gasteiger partial charge < -0.3 is 10.2 Å². The van der Waals surface area contributed by atoms with Crippen LogP contribution in [0.1, 0.15) is 71.1 Å². The van der Waals surface area contributed by atoms with Crippen LogP contribution in [-0.4, -0.2) is 28.1 Å². The minimum Gasteiger partial charge on any atom is -0.479 e. The highest BCUT2D eigenvalue weighted by Gasteiger charge is 2.27. The van der Waals surface area contributed by atoms with Crippen molar-refractivity contribution in [1.82, 2.24) is 0 Å². The third-order valence-electron chi connectivity index (χ3n) is 4.67. The number of aliphatic hydroxyl groups is 1. The van der Waals surface area contributed by atoms with E-state index in [1.807, 2.05) is 6.08 Å². The van der Waals surface area contributed by atoms with Gasteiger partial charge in [-0.2, -0.15) is 0 Å². The number of aliphatic hydroxyl groups excluding tert-OH is 1. The lowest BCUT2D eigenvalue weighted by atomic mass is 9.88. The topological polar surface area (TPSA) is 74.6 Å². The molecular weight excluding hydrogens is 304 g/mol. The van der Waals surface area contributed by atoms with Gasteiger partial charge in [-0.15, -0.1) is 0 Å². The maximum atomic E-state index is 12.0. The first-order chi connectivity index (χ1) is 11.6. The van der Waals surface area contributed by atoms with E-state index < -0.39 is 12.1 Å². The third-order valence-corrected chi connectivity index (χ3v) is 4.67. The first kappa shape index (κ1) is 20.6. The fraction of sp³-hybridized carbons (Fsp3) is 0.700. The molecule has 0 saturated carbocycles. The predicted octanol–water partition coefficient (Wildman–Crippen LogP) is 4.28. The molecule has 3 atom stereocenters. The first-order valence-corrected chi connectivity index (χ1v) is 9.35. The van der Waals surface area contributed by atoms with Crippen LogP contribution in [0.25, 0.3) is 0 Å². The quantitative estimate of drug-likeness (QED) is 0.389. The van der Waals surface area contributed by atoms with Crippen molar-refractivity contribution < 1.29 is 19.8 Å². The summed E-state index contributed by atoms with van der Waals surface area (Å²) in [5.41, 5.74) is 0. The van der Waals surface area contributed by atoms with E-state index in [1.54, 1.807) is 6.08 Å². The lowest BCUT2D eigenvalue weighted by Gasteiger charge is -2.15. The van der Waals surface area contributed by atoms with E-state index in [0.29, 0.717) is 6.42 Å². The Morgan fingerprint density at radius 3 is 2.67 bits per heavy atom. The van der Waals surface area contributed by atoms with Crippen molar-refractivity contribution in [2.45, 2.75) is 77.2 Å². The summed E-state index contributed by atoms with van der Waals surface area (Å²) in [5.74, 6) is -0.690. The van der Waals surface area contributed by atoms with Gasteiger partial charge in [0.1, 0.15) is 0 Å². The molecule has 1 aliphatic carbocycles. The van der Waals surface area contributed by atoms with Gasteiger partial charge in [-0.05, 0) is 31.8 Å². The Bertz CT molecular complexity index is 439. The molecule has 0 saturated heterocycles. The molecule has 0 aromatic carbocycles. The Morgan fingerprint density at radius 1 is 1.21 bits per heavy atom. The van der Waals surface area contributed by atoms with Crippen LogP contribution in [0, 0.1) is 11.8 Å². The van der Waals surface area contributed by atoms with Gasteiger partial charge in [-0.25, -0.2) is 4.79 Å². The van der Waals surface area contributed by atoms with E-state index in [-0.39, 0.29) is 24.0 Å². The number of allylic oxidation sites excluding steroid dienone is 4. The van der Waals surface area contributed by atoms with Crippen LogP contribution in [0.3, 0.4) is 0 Å². The maximum Gasteiger partial charge on any atom is 0.332 e. The first-order valence-electron chi connectivity index (χ1n) is 9.35. The molecule has 0 bridgehead atoms. The number of unbranched alkanes of at least 4 members (excludes halogenated alkanes) is 6. The number of hydrogen-bond acceptors (Lipinski definition) is 3. The zero-order chi connectivity index (χ0) is 17.8. The number of ketones is 1. The Balaban J connectivity index is 2.23. The Kier molecular flexibility index (Phi) is 10.3. The maximum absolute atomic E-state index is 12.0. The number of carbonyl (C=O) groups excluding carboxylic acids is 1. The molecule has 1 rings (SSSR count). The average molecular weight is 336 g/mol. The molecule has 4 nitrogen and oxygen atoms in total. The number of carboxylic acids is 1. The average Bonchev–Trinajstić information content (AvgIpc) is 2.90. The van der Waals surface area contributed by atoms with Gasteiger partial charge in [0.05, 0.1) is 0 Å². The van der Waals surface area contributed by atoms with Crippen molar-refractivity contribution in [3.8, 4) is 0 Å². The van der Waals surface area contributed by atoms with Crippen LogP contribution >= 0.6 is 0 Å². The van der Waals surface area contributed by atoms with Crippen molar-refractivity contribution in [3.63, 3.8) is 0 Å². The second-order valence-corrected chi connectivity index (χ2v) is 6.71. The van der Waals surface area contributed by atoms with E-state index in [1.165, 1.54) is 25.7 Å². The molecule has 2 N–H and O–H groups in total. The molecule has 0 amide bonds. The molecule has 0 heterocycles. The van der Waals surface area contributed by atoms with Gasteiger partial charge in [0.2, 0.25) is 0 Å². The normalized spacial score (nSPS) is 21.7. The monoisotopic (exact) mass is 336 g/mol. The summed E-state index contributed by atoms with van der Waals surface area (Å²) in [6.45, 7) is 2.21. The number of carbonyl (C=O) groups is 2. The SMILES string of the molecule is CCCCCC/C=C/[C@H]1C=CC(=O)[C@@H]1CCCCCC(O)C(=O)O. The lowest BCUT2D eigenvalue weighted by Crippen LogP contribution is -2.19. The number of carboxylic acid groups (broad SMARTS) is 1. The van der Waals surface area contributed by atoms with Crippen molar-refractivity contribution in [2.75, 3.05) is 0 Å². The summed E-state index contributed by atoms with van der Waals surface area (Å²) >= 11 is 0. The molecule has 4 heteroatoms. The summed E-state index contributed by atoms with van der Waals surface area (Å²) in [5, 5.41) is 17.8. The fourth-order valence-electron chi connectivity index (χ4n) is 3.13. The molecule has 0 aliphatic heterocycles. The number of aliphatic carboxylic acids is 1. The van der Waals surface area contributed by atoms with Crippen molar-refractivity contribution in [3.05, 3.63) is 24.3 Å². The summed E-state index contributed by atoms with van der Waals surface area (Å²) in [4.78, 5) is 22.5. The second-order valence-electron chi connectivity index (χ2n) is 6.71. The Labute approximate surface area is 145 Å². The van der Waals surface area contributed by atoms with E-state index in [2.05, 4.69) is 19.1 Å². The van der Waals surface area contributed by atoms with Gasteiger partial charge in [0, 0.05) is 11.8 Å². The Hall–Kier alpha value is -1.42. The van der Waals surface area contributed by atoms with Crippen LogP contribution in [0.4, 0.5) is 0 Å². The molecular formula is C20H32O4. The second kappa shape index (κ2) is 12.0. The van der Waals surface area contributed by atoms with Crippen LogP contribution in [0.15, 0.2) is 24.3 Å². The third kappa shape index (κ3) is 7.91. The van der Waals surface area contributed by atoms with E-state index in [9.17, 15) is 14.7 Å². The van der Waals surface area contributed by atoms with Gasteiger partial charge in [0.15, 0.2) is 11.9 Å². The van der Waals surface area contributed by atoms with Crippen molar-refractivity contribution in [2.24, 2.45) is 11.8 Å². The highest BCUT2D eigenvalue weighted by molar-refractivity contribution is 5.94. The highest BCUT2D eigenvalue weighted by atomic mass is 16.4. The summed E-state index contributed by atoms with van der Waals surface area (Å²) in [6, 6.07) is 0. The minimum absolute atomic E-state index is 0.0429. The van der Waals surface area contributed by atoms with Crippen molar-refractivity contribution in [1.29, 1.82) is 0 Å². The highest BCUT2D eigenvalue weighted by Crippen LogP contribution is 2.29. The van der Waals surface area contributed by atoms with Gasteiger partial charge >= 0.3 is 5.97 Å². The fourth-order valence-corrected chi connectivity index (χ4v) is 3.13. The minimum atomic E-state index is -1.26. The van der Waals surface area contributed by atoms with Crippen molar-refractivity contribution >= 4 is 11.8 Å². The molecule has 136 valence electrons. The van der Waals surface area contributed by atoms with Crippen LogP contribution in [0.5, 0.6) is 0 Å². The van der Waals surface area contributed by atoms with E-state index >= 15 is 0 Å². The smallest absolute Gasteiger partial charge is 0.332 e. The zero-order valence-corrected chi connectivity index (χ0v) is 14.8. The van der Waals surface area contributed by atoms with Crippen LogP contribution in [-0.2, 0) is 9.59 Å². The molecule has 0 fully saturated rings. The van der Waals surface area contributed by atoms with Crippen LogP contribution in [0.2, 0.25) is 0 Å². The molecule has 0 aromatic rings. The summed E-state index contributed by atoms with van der Waals surface area (Å²) in [6.07, 6.45) is 16.5.